The Morgan fingerprint density at radius 1 is 1.00 bits per heavy atom. The fourth-order valence-corrected chi connectivity index (χ4v) is 3.03. The van der Waals surface area contributed by atoms with Crippen molar-refractivity contribution in [3.05, 3.63) is 87.2 Å². The van der Waals surface area contributed by atoms with Crippen molar-refractivity contribution in [2.45, 2.75) is 13.8 Å². The number of fused-ring (bicyclic) bond motifs is 1. The zero-order valence-corrected chi connectivity index (χ0v) is 16.1. The van der Waals surface area contributed by atoms with E-state index in [2.05, 4.69) is 15.5 Å². The Balaban J connectivity index is 1.65. The van der Waals surface area contributed by atoms with Gasteiger partial charge in [0, 0.05) is 22.9 Å². The molecule has 0 aliphatic carbocycles. The van der Waals surface area contributed by atoms with Gasteiger partial charge in [-0.05, 0) is 61.9 Å². The van der Waals surface area contributed by atoms with E-state index in [0.717, 1.165) is 5.56 Å². The van der Waals surface area contributed by atoms with Crippen LogP contribution in [0.1, 0.15) is 21.5 Å². The molecule has 0 unspecified atom stereocenters. The Morgan fingerprint density at radius 3 is 2.33 bits per heavy atom. The van der Waals surface area contributed by atoms with Crippen LogP contribution < -0.4 is 5.32 Å². The summed E-state index contributed by atoms with van der Waals surface area (Å²) in [7, 11) is 0. The van der Waals surface area contributed by atoms with Crippen LogP contribution in [-0.4, -0.2) is 25.8 Å². The van der Waals surface area contributed by atoms with Gasteiger partial charge in [-0.15, -0.1) is 10.2 Å². The highest BCUT2D eigenvalue weighted by atomic mass is 19.1. The van der Waals surface area contributed by atoms with Gasteiger partial charge in [-0.3, -0.25) is 14.9 Å². The number of aromatic nitrogens is 3. The maximum Gasteiger partial charge on any atom is 0.273 e. The maximum absolute atomic E-state index is 13.1. The largest absolute Gasteiger partial charge is 0.322 e. The summed E-state index contributed by atoms with van der Waals surface area (Å²) in [4.78, 5) is 24.6. The molecule has 9 heteroatoms. The minimum absolute atomic E-state index is 0.114. The van der Waals surface area contributed by atoms with Crippen LogP contribution in [0.5, 0.6) is 0 Å². The molecule has 0 spiro atoms. The van der Waals surface area contributed by atoms with Gasteiger partial charge in [0.25, 0.3) is 11.6 Å². The van der Waals surface area contributed by atoms with E-state index in [0.29, 0.717) is 28.0 Å². The molecular weight excluding hydrogens is 389 g/mol. The van der Waals surface area contributed by atoms with Crippen molar-refractivity contribution < 1.29 is 14.1 Å². The molecule has 1 amide bonds. The van der Waals surface area contributed by atoms with E-state index < -0.39 is 10.8 Å². The predicted octanol–water partition coefficient (Wildman–Crippen LogP) is 4.34. The number of anilines is 1. The summed E-state index contributed by atoms with van der Waals surface area (Å²) >= 11 is 0. The van der Waals surface area contributed by atoms with Gasteiger partial charge in [-0.2, -0.15) is 4.80 Å². The summed E-state index contributed by atoms with van der Waals surface area (Å²) < 4.78 is 13.1. The molecule has 0 saturated heterocycles. The van der Waals surface area contributed by atoms with Crippen LogP contribution in [-0.2, 0) is 0 Å². The van der Waals surface area contributed by atoms with Gasteiger partial charge in [-0.25, -0.2) is 4.39 Å². The lowest BCUT2D eigenvalue weighted by molar-refractivity contribution is -0.385. The third-order valence-electron chi connectivity index (χ3n) is 4.70. The van der Waals surface area contributed by atoms with Crippen LogP contribution in [0.4, 0.5) is 15.8 Å². The Morgan fingerprint density at radius 2 is 1.67 bits per heavy atom. The molecule has 0 bridgehead atoms. The van der Waals surface area contributed by atoms with E-state index in [1.807, 2.05) is 6.92 Å². The number of halogens is 1. The van der Waals surface area contributed by atoms with Gasteiger partial charge in [0.2, 0.25) is 0 Å². The molecule has 1 heterocycles. The van der Waals surface area contributed by atoms with Crippen molar-refractivity contribution >= 4 is 28.3 Å². The van der Waals surface area contributed by atoms with Crippen molar-refractivity contribution in [3.63, 3.8) is 0 Å². The minimum Gasteiger partial charge on any atom is -0.322 e. The molecule has 0 atom stereocenters. The second kappa shape index (κ2) is 7.36. The summed E-state index contributed by atoms with van der Waals surface area (Å²) in [6.45, 7) is 3.42. The fraction of sp³-hybridized carbons (Fsp3) is 0.0952. The van der Waals surface area contributed by atoms with Gasteiger partial charge in [0.1, 0.15) is 16.9 Å². The van der Waals surface area contributed by atoms with Crippen LogP contribution >= 0.6 is 0 Å². The van der Waals surface area contributed by atoms with Crippen molar-refractivity contribution in [3.8, 4) is 5.69 Å². The van der Waals surface area contributed by atoms with E-state index >= 15 is 0 Å². The molecule has 30 heavy (non-hydrogen) atoms. The van der Waals surface area contributed by atoms with Crippen LogP contribution in [0.3, 0.4) is 0 Å². The number of rotatable bonds is 4. The number of nitro groups is 1. The van der Waals surface area contributed by atoms with Crippen LogP contribution in [0.15, 0.2) is 54.6 Å². The number of nitrogens with one attached hydrogen (secondary N) is 1. The predicted molar refractivity (Wildman–Crippen MR) is 109 cm³/mol. The Labute approximate surface area is 170 Å². The van der Waals surface area contributed by atoms with E-state index in [-0.39, 0.29) is 17.1 Å². The van der Waals surface area contributed by atoms with Crippen molar-refractivity contribution in [1.29, 1.82) is 0 Å². The Hall–Kier alpha value is -4.14. The van der Waals surface area contributed by atoms with E-state index in [4.69, 9.17) is 0 Å². The lowest BCUT2D eigenvalue weighted by Crippen LogP contribution is -2.13. The lowest BCUT2D eigenvalue weighted by atomic mass is 10.1. The molecule has 0 aliphatic heterocycles. The molecule has 0 radical (unpaired) electrons. The van der Waals surface area contributed by atoms with E-state index in [9.17, 15) is 19.3 Å². The Bertz CT molecular complexity index is 1300. The van der Waals surface area contributed by atoms with Crippen LogP contribution in [0.25, 0.3) is 16.7 Å². The number of nitro benzene ring substituents is 1. The van der Waals surface area contributed by atoms with Gasteiger partial charge in [0.05, 0.1) is 10.6 Å². The maximum atomic E-state index is 13.1. The smallest absolute Gasteiger partial charge is 0.273 e. The number of amides is 1. The highest BCUT2D eigenvalue weighted by Crippen LogP contribution is 2.24. The van der Waals surface area contributed by atoms with Crippen molar-refractivity contribution in [1.82, 2.24) is 15.0 Å². The number of benzene rings is 3. The summed E-state index contributed by atoms with van der Waals surface area (Å²) in [5.74, 6) is -0.820. The highest BCUT2D eigenvalue weighted by Gasteiger charge is 2.16. The van der Waals surface area contributed by atoms with Crippen LogP contribution in [0, 0.1) is 29.8 Å². The number of hydrogen-bond acceptors (Lipinski definition) is 5. The number of nitrogens with zero attached hydrogens (tertiary/aromatic N) is 4. The number of aryl methyl sites for hydroxylation is 2. The van der Waals surface area contributed by atoms with E-state index in [1.54, 1.807) is 31.2 Å². The fourth-order valence-electron chi connectivity index (χ4n) is 3.03. The third-order valence-corrected chi connectivity index (χ3v) is 4.70. The van der Waals surface area contributed by atoms with Gasteiger partial charge < -0.3 is 5.32 Å². The van der Waals surface area contributed by atoms with Gasteiger partial charge in [-0.1, -0.05) is 6.07 Å². The molecule has 8 nitrogen and oxygen atoms in total. The molecule has 0 saturated carbocycles. The molecule has 0 aliphatic rings. The molecule has 0 fully saturated rings. The molecule has 3 aromatic carbocycles. The zero-order chi connectivity index (χ0) is 21.4. The monoisotopic (exact) mass is 405 g/mol. The Kier molecular flexibility index (Phi) is 4.71. The standard InChI is InChI=1S/C21H16FN5O3/c1-12-3-4-14(10-20(12)27(29)30)21(28)23-17-11-19-18(9-13(17)2)24-26(25-19)16-7-5-15(22)6-8-16/h3-11H,1-2H3,(H,23,28). The SMILES string of the molecule is Cc1cc2nn(-c3ccc(F)cc3)nc2cc1NC(=O)c1ccc(C)c([N+](=O)[O-])c1. The summed E-state index contributed by atoms with van der Waals surface area (Å²) in [5.41, 5.74) is 3.56. The summed E-state index contributed by atoms with van der Waals surface area (Å²) in [6, 6.07) is 13.6. The van der Waals surface area contributed by atoms with E-state index in [1.165, 1.54) is 35.1 Å². The first-order valence-electron chi connectivity index (χ1n) is 9.02. The minimum atomic E-state index is -0.517. The molecule has 1 aromatic heterocycles. The van der Waals surface area contributed by atoms with Crippen molar-refractivity contribution in [2.24, 2.45) is 0 Å². The molecular formula is C21H16FN5O3. The highest BCUT2D eigenvalue weighted by molar-refractivity contribution is 6.05. The molecule has 4 rings (SSSR count). The molecule has 1 N–H and O–H groups in total. The summed E-state index contributed by atoms with van der Waals surface area (Å²) in [6.07, 6.45) is 0. The van der Waals surface area contributed by atoms with Crippen molar-refractivity contribution in [2.75, 3.05) is 5.32 Å². The number of carbonyl (C=O) groups excluding carboxylic acids is 1. The number of carbonyl (C=O) groups is 1. The average molecular weight is 405 g/mol. The topological polar surface area (TPSA) is 103 Å². The normalized spacial score (nSPS) is 10.9. The zero-order valence-electron chi connectivity index (χ0n) is 16.1. The first kappa shape index (κ1) is 19.2. The molecule has 4 aromatic rings. The van der Waals surface area contributed by atoms with Crippen LogP contribution in [0.2, 0.25) is 0 Å². The first-order chi connectivity index (χ1) is 14.3. The third kappa shape index (κ3) is 3.60. The second-order valence-electron chi connectivity index (χ2n) is 6.83. The lowest BCUT2D eigenvalue weighted by Gasteiger charge is -2.08. The number of hydrogen-bond donors (Lipinski definition) is 1. The van der Waals surface area contributed by atoms with Gasteiger partial charge in [0.15, 0.2) is 0 Å². The molecule has 150 valence electrons. The summed E-state index contributed by atoms with van der Waals surface area (Å²) in [5, 5.41) is 22.7. The average Bonchev–Trinajstić information content (AvgIpc) is 3.11. The quantitative estimate of drug-likeness (QED) is 0.402. The second-order valence-corrected chi connectivity index (χ2v) is 6.83. The van der Waals surface area contributed by atoms with Gasteiger partial charge >= 0.3 is 0 Å². The first-order valence-corrected chi connectivity index (χ1v) is 9.02.